The number of ether oxygens (including phenoxy) is 3. The fraction of sp³-hybridized carbons (Fsp3) is 0.889. The zero-order valence-electron chi connectivity index (χ0n) is 7.69. The van der Waals surface area contributed by atoms with Gasteiger partial charge in [0, 0.05) is 11.8 Å². The minimum absolute atomic E-state index is 0.0280. The summed E-state index contributed by atoms with van der Waals surface area (Å²) in [6.45, 7) is 3.91. The summed E-state index contributed by atoms with van der Waals surface area (Å²) in [5.41, 5.74) is 0. The average molecular weight is 186 g/mol. The lowest BCUT2D eigenvalue weighted by Crippen LogP contribution is -2.12. The molecular formula is C9H14O4. The molecule has 1 saturated heterocycles. The zero-order chi connectivity index (χ0) is 9.26. The third-order valence-corrected chi connectivity index (χ3v) is 2.68. The molecule has 1 aliphatic carbocycles. The monoisotopic (exact) mass is 186 g/mol. The molecule has 2 fully saturated rings. The Balaban J connectivity index is 1.87. The summed E-state index contributed by atoms with van der Waals surface area (Å²) in [7, 11) is 0. The minimum atomic E-state index is -0.0911. The van der Waals surface area contributed by atoms with Crippen molar-refractivity contribution >= 4 is 5.97 Å². The molecule has 0 N–H and O–H groups in total. The summed E-state index contributed by atoms with van der Waals surface area (Å²) in [5, 5.41) is 0. The van der Waals surface area contributed by atoms with Crippen molar-refractivity contribution in [3.05, 3.63) is 0 Å². The second-order valence-corrected chi connectivity index (χ2v) is 3.46. The van der Waals surface area contributed by atoms with E-state index < -0.39 is 0 Å². The van der Waals surface area contributed by atoms with Crippen LogP contribution in [0.5, 0.6) is 0 Å². The lowest BCUT2D eigenvalue weighted by atomic mass is 10.3. The third-order valence-electron chi connectivity index (χ3n) is 2.68. The van der Waals surface area contributed by atoms with Gasteiger partial charge in [0.15, 0.2) is 0 Å². The van der Waals surface area contributed by atoms with Crippen molar-refractivity contribution in [3.63, 3.8) is 0 Å². The van der Waals surface area contributed by atoms with Crippen molar-refractivity contribution in [2.24, 2.45) is 17.8 Å². The third kappa shape index (κ3) is 1.69. The number of carbonyl (C=O) groups is 1. The van der Waals surface area contributed by atoms with Gasteiger partial charge in [0.1, 0.15) is 6.79 Å². The molecule has 74 valence electrons. The topological polar surface area (TPSA) is 44.8 Å². The summed E-state index contributed by atoms with van der Waals surface area (Å²) in [5.74, 6) is 0.606. The van der Waals surface area contributed by atoms with E-state index in [0.717, 1.165) is 0 Å². The van der Waals surface area contributed by atoms with E-state index in [1.54, 1.807) is 0 Å². The van der Waals surface area contributed by atoms with E-state index in [1.165, 1.54) is 0 Å². The van der Waals surface area contributed by atoms with Crippen LogP contribution in [0.1, 0.15) is 6.92 Å². The van der Waals surface area contributed by atoms with Gasteiger partial charge in [-0.1, -0.05) is 0 Å². The van der Waals surface area contributed by atoms with Gasteiger partial charge in [-0.15, -0.1) is 0 Å². The molecule has 2 rings (SSSR count). The van der Waals surface area contributed by atoms with E-state index in [2.05, 4.69) is 0 Å². The lowest BCUT2D eigenvalue weighted by Gasteiger charge is -2.04. The summed E-state index contributed by atoms with van der Waals surface area (Å²) in [6.07, 6.45) is 0. The van der Waals surface area contributed by atoms with Crippen LogP contribution in [0, 0.1) is 17.8 Å². The summed E-state index contributed by atoms with van der Waals surface area (Å²) in [4.78, 5) is 11.4. The number of rotatable bonds is 2. The zero-order valence-corrected chi connectivity index (χ0v) is 7.69. The number of hydrogen-bond donors (Lipinski definition) is 0. The molecule has 2 atom stereocenters. The molecule has 2 unspecified atom stereocenters. The fourth-order valence-electron chi connectivity index (χ4n) is 1.91. The Kier molecular flexibility index (Phi) is 2.51. The van der Waals surface area contributed by atoms with Gasteiger partial charge in [-0.05, 0) is 6.92 Å². The van der Waals surface area contributed by atoms with E-state index in [-0.39, 0.29) is 11.9 Å². The maximum Gasteiger partial charge on any atom is 0.309 e. The van der Waals surface area contributed by atoms with Gasteiger partial charge >= 0.3 is 5.97 Å². The largest absolute Gasteiger partial charge is 0.466 e. The molecular weight excluding hydrogens is 172 g/mol. The molecule has 2 aliphatic rings. The van der Waals surface area contributed by atoms with Gasteiger partial charge in [0.25, 0.3) is 0 Å². The van der Waals surface area contributed by atoms with Crippen molar-refractivity contribution in [2.45, 2.75) is 6.92 Å². The molecule has 0 radical (unpaired) electrons. The van der Waals surface area contributed by atoms with Crippen LogP contribution in [0.15, 0.2) is 0 Å². The van der Waals surface area contributed by atoms with Crippen LogP contribution in [-0.4, -0.2) is 32.6 Å². The number of esters is 1. The van der Waals surface area contributed by atoms with E-state index in [9.17, 15) is 4.79 Å². The van der Waals surface area contributed by atoms with Crippen molar-refractivity contribution < 1.29 is 19.0 Å². The molecule has 0 aromatic carbocycles. The standard InChI is InChI=1S/C9H14O4/c1-2-13-9(10)8-6-3-11-5-12-4-7(6)8/h6-8H,2-5H2,1H3. The van der Waals surface area contributed by atoms with Crippen LogP contribution >= 0.6 is 0 Å². The van der Waals surface area contributed by atoms with Gasteiger partial charge in [0.05, 0.1) is 25.7 Å². The Bertz CT molecular complexity index is 192. The highest BCUT2D eigenvalue weighted by Gasteiger charge is 2.56. The smallest absolute Gasteiger partial charge is 0.309 e. The highest BCUT2D eigenvalue weighted by molar-refractivity contribution is 5.76. The van der Waals surface area contributed by atoms with Crippen LogP contribution < -0.4 is 0 Å². The molecule has 0 amide bonds. The van der Waals surface area contributed by atoms with Crippen molar-refractivity contribution in [1.82, 2.24) is 0 Å². The summed E-state index contributed by atoms with van der Waals surface area (Å²) < 4.78 is 15.3. The molecule has 4 heteroatoms. The Hall–Kier alpha value is -0.610. The highest BCUT2D eigenvalue weighted by atomic mass is 16.7. The Labute approximate surface area is 77.1 Å². The Morgan fingerprint density at radius 1 is 1.38 bits per heavy atom. The molecule has 4 nitrogen and oxygen atoms in total. The first kappa shape index (κ1) is 8.97. The van der Waals surface area contributed by atoms with Gasteiger partial charge in [-0.25, -0.2) is 0 Å². The molecule has 1 aliphatic heterocycles. The molecule has 0 aromatic rings. The van der Waals surface area contributed by atoms with E-state index >= 15 is 0 Å². The van der Waals surface area contributed by atoms with Crippen LogP contribution in [0.3, 0.4) is 0 Å². The van der Waals surface area contributed by atoms with Crippen molar-refractivity contribution in [3.8, 4) is 0 Å². The molecule has 1 saturated carbocycles. The van der Waals surface area contributed by atoms with Gasteiger partial charge in [-0.2, -0.15) is 0 Å². The maximum absolute atomic E-state index is 11.4. The normalized spacial score (nSPS) is 37.5. The van der Waals surface area contributed by atoms with Crippen molar-refractivity contribution in [1.29, 1.82) is 0 Å². The highest BCUT2D eigenvalue weighted by Crippen LogP contribution is 2.48. The average Bonchev–Trinajstić information content (AvgIpc) is 2.77. The van der Waals surface area contributed by atoms with Crippen LogP contribution in [0.25, 0.3) is 0 Å². The first-order chi connectivity index (χ1) is 6.34. The fourth-order valence-corrected chi connectivity index (χ4v) is 1.91. The van der Waals surface area contributed by atoms with Crippen LogP contribution in [0.4, 0.5) is 0 Å². The van der Waals surface area contributed by atoms with Crippen LogP contribution in [0.2, 0.25) is 0 Å². The number of fused-ring (bicyclic) bond motifs is 1. The molecule has 13 heavy (non-hydrogen) atoms. The molecule has 0 bridgehead atoms. The quantitative estimate of drug-likeness (QED) is 0.586. The second-order valence-electron chi connectivity index (χ2n) is 3.46. The predicted octanol–water partition coefficient (Wildman–Crippen LogP) is 0.416. The summed E-state index contributed by atoms with van der Waals surface area (Å²) in [6, 6.07) is 0. The Morgan fingerprint density at radius 2 is 2.00 bits per heavy atom. The first-order valence-corrected chi connectivity index (χ1v) is 4.66. The van der Waals surface area contributed by atoms with Crippen molar-refractivity contribution in [2.75, 3.05) is 26.6 Å². The predicted molar refractivity (Wildman–Crippen MR) is 43.9 cm³/mol. The minimum Gasteiger partial charge on any atom is -0.466 e. The van der Waals surface area contributed by atoms with E-state index in [1.807, 2.05) is 6.92 Å². The van der Waals surface area contributed by atoms with Crippen LogP contribution in [-0.2, 0) is 19.0 Å². The van der Waals surface area contributed by atoms with Gasteiger partial charge in [0.2, 0.25) is 0 Å². The second kappa shape index (κ2) is 3.64. The number of hydrogen-bond acceptors (Lipinski definition) is 4. The Morgan fingerprint density at radius 3 is 2.54 bits per heavy atom. The van der Waals surface area contributed by atoms with Gasteiger partial charge < -0.3 is 14.2 Å². The molecule has 1 heterocycles. The molecule has 0 spiro atoms. The SMILES string of the molecule is CCOC(=O)C1C2COCOCC21. The maximum atomic E-state index is 11.4. The first-order valence-electron chi connectivity index (χ1n) is 4.66. The molecule has 0 aromatic heterocycles. The number of carbonyl (C=O) groups excluding carboxylic acids is 1. The lowest BCUT2D eigenvalue weighted by molar-refractivity contribution is -0.146. The summed E-state index contributed by atoms with van der Waals surface area (Å²) >= 11 is 0. The van der Waals surface area contributed by atoms with E-state index in [4.69, 9.17) is 14.2 Å². The van der Waals surface area contributed by atoms with Gasteiger partial charge in [-0.3, -0.25) is 4.79 Å². The van der Waals surface area contributed by atoms with E-state index in [0.29, 0.717) is 38.4 Å².